The predicted octanol–water partition coefficient (Wildman–Crippen LogP) is 0.325. The molecule has 6 heteroatoms. The van der Waals surface area contributed by atoms with E-state index in [-0.39, 0.29) is 6.10 Å². The van der Waals surface area contributed by atoms with Crippen LogP contribution in [-0.4, -0.2) is 62.6 Å². The Kier molecular flexibility index (Phi) is 4.67. The van der Waals surface area contributed by atoms with Crippen LogP contribution in [0.15, 0.2) is 0 Å². The first kappa shape index (κ1) is 14.7. The smallest absolute Gasteiger partial charge is 0.135 e. The van der Waals surface area contributed by atoms with E-state index in [0.29, 0.717) is 19.8 Å². The monoisotopic (exact) mass is 292 g/mol. The van der Waals surface area contributed by atoms with Crippen LogP contribution in [0.3, 0.4) is 0 Å². The number of nitrogens with one attached hydrogen (secondary N) is 1. The molecule has 0 radical (unpaired) electrons. The van der Waals surface area contributed by atoms with Crippen molar-refractivity contribution in [3.8, 4) is 0 Å². The van der Waals surface area contributed by atoms with E-state index in [2.05, 4.69) is 27.2 Å². The van der Waals surface area contributed by atoms with Crippen molar-refractivity contribution in [2.24, 2.45) is 0 Å². The van der Waals surface area contributed by atoms with Gasteiger partial charge in [0.1, 0.15) is 11.6 Å². The van der Waals surface area contributed by atoms with Gasteiger partial charge in [-0.2, -0.15) is 0 Å². The van der Waals surface area contributed by atoms with E-state index in [9.17, 15) is 0 Å². The molecular formula is C15H24N4O2. The van der Waals surface area contributed by atoms with E-state index in [1.54, 1.807) is 0 Å². The fourth-order valence-electron chi connectivity index (χ4n) is 3.00. The molecule has 3 heterocycles. The average Bonchev–Trinajstić information content (AvgIpc) is 2.72. The van der Waals surface area contributed by atoms with Gasteiger partial charge in [0, 0.05) is 32.1 Å². The number of hydrogen-bond acceptors (Lipinski definition) is 6. The summed E-state index contributed by atoms with van der Waals surface area (Å²) in [5, 5.41) is 3.43. The van der Waals surface area contributed by atoms with E-state index >= 15 is 0 Å². The molecular weight excluding hydrogens is 268 g/mol. The quantitative estimate of drug-likeness (QED) is 0.866. The third-order valence-corrected chi connectivity index (χ3v) is 4.00. The van der Waals surface area contributed by atoms with Crippen molar-refractivity contribution in [1.29, 1.82) is 0 Å². The second-order valence-corrected chi connectivity index (χ2v) is 5.72. The molecule has 0 bridgehead atoms. The molecule has 0 amide bonds. The van der Waals surface area contributed by atoms with Gasteiger partial charge in [-0.05, 0) is 19.9 Å². The number of nitrogens with zero attached hydrogens (tertiary/aromatic N) is 3. The molecule has 1 aromatic heterocycles. The topological polar surface area (TPSA) is 59.5 Å². The Bertz CT molecular complexity index is 489. The standard InChI is InChI=1S/C15H24N4O2/c1-11-17-14-4-6-16-5-3-13(14)15(18-11)19(2)9-12-10-20-7-8-21-12/h12,16H,3-10H2,1-2H3. The van der Waals surface area contributed by atoms with Gasteiger partial charge in [0.05, 0.1) is 31.6 Å². The van der Waals surface area contributed by atoms with Gasteiger partial charge in [-0.25, -0.2) is 9.97 Å². The van der Waals surface area contributed by atoms with Gasteiger partial charge in [-0.1, -0.05) is 0 Å². The number of likely N-dealkylation sites (N-methyl/N-ethyl adjacent to an activating group) is 1. The number of ether oxygens (including phenoxy) is 2. The molecule has 1 saturated heterocycles. The summed E-state index contributed by atoms with van der Waals surface area (Å²) in [5.74, 6) is 1.90. The maximum absolute atomic E-state index is 5.75. The zero-order valence-corrected chi connectivity index (χ0v) is 12.9. The van der Waals surface area contributed by atoms with Gasteiger partial charge in [0.2, 0.25) is 0 Å². The van der Waals surface area contributed by atoms with Crippen molar-refractivity contribution in [2.45, 2.75) is 25.9 Å². The van der Waals surface area contributed by atoms with Crippen LogP contribution in [0.5, 0.6) is 0 Å². The summed E-state index contributed by atoms with van der Waals surface area (Å²) in [7, 11) is 2.08. The summed E-state index contributed by atoms with van der Waals surface area (Å²) >= 11 is 0. The second kappa shape index (κ2) is 6.68. The summed E-state index contributed by atoms with van der Waals surface area (Å²) in [5.41, 5.74) is 2.47. The molecule has 1 unspecified atom stereocenters. The summed E-state index contributed by atoms with van der Waals surface area (Å²) in [6.45, 7) is 6.80. The number of aryl methyl sites for hydroxylation is 1. The van der Waals surface area contributed by atoms with Crippen LogP contribution in [0.4, 0.5) is 5.82 Å². The zero-order chi connectivity index (χ0) is 14.7. The van der Waals surface area contributed by atoms with E-state index in [1.165, 1.54) is 11.3 Å². The van der Waals surface area contributed by atoms with Crippen LogP contribution in [0.25, 0.3) is 0 Å². The highest BCUT2D eigenvalue weighted by Gasteiger charge is 2.22. The fraction of sp³-hybridized carbons (Fsp3) is 0.733. The first-order chi connectivity index (χ1) is 10.2. The fourth-order valence-corrected chi connectivity index (χ4v) is 3.00. The molecule has 0 spiro atoms. The average molecular weight is 292 g/mol. The summed E-state index contributed by atoms with van der Waals surface area (Å²) in [4.78, 5) is 11.5. The number of hydrogen-bond donors (Lipinski definition) is 1. The Morgan fingerprint density at radius 1 is 1.24 bits per heavy atom. The highest BCUT2D eigenvalue weighted by molar-refractivity contribution is 5.49. The molecule has 1 N–H and O–H groups in total. The van der Waals surface area contributed by atoms with Crippen molar-refractivity contribution >= 4 is 5.82 Å². The van der Waals surface area contributed by atoms with E-state index in [1.807, 2.05) is 6.92 Å². The molecule has 116 valence electrons. The van der Waals surface area contributed by atoms with Crippen molar-refractivity contribution in [3.63, 3.8) is 0 Å². The van der Waals surface area contributed by atoms with E-state index in [4.69, 9.17) is 9.47 Å². The summed E-state index contributed by atoms with van der Waals surface area (Å²) in [6.07, 6.45) is 2.08. The first-order valence-electron chi connectivity index (χ1n) is 7.71. The normalized spacial score (nSPS) is 22.5. The SMILES string of the molecule is Cc1nc2c(c(N(C)CC3COCCO3)n1)CCNCC2. The molecule has 6 nitrogen and oxygen atoms in total. The lowest BCUT2D eigenvalue weighted by molar-refractivity contribution is -0.0837. The molecule has 1 aromatic rings. The molecule has 0 aromatic carbocycles. The molecule has 2 aliphatic heterocycles. The van der Waals surface area contributed by atoms with Gasteiger partial charge in [0.25, 0.3) is 0 Å². The van der Waals surface area contributed by atoms with Crippen LogP contribution < -0.4 is 10.2 Å². The van der Waals surface area contributed by atoms with Crippen LogP contribution >= 0.6 is 0 Å². The Balaban J connectivity index is 1.81. The minimum absolute atomic E-state index is 0.124. The third-order valence-electron chi connectivity index (χ3n) is 4.00. The lowest BCUT2D eigenvalue weighted by Gasteiger charge is -2.29. The largest absolute Gasteiger partial charge is 0.376 e. The lowest BCUT2D eigenvalue weighted by Crippen LogP contribution is -2.39. The summed E-state index contributed by atoms with van der Waals surface area (Å²) in [6, 6.07) is 0. The van der Waals surface area contributed by atoms with Gasteiger partial charge in [-0.3, -0.25) is 0 Å². The highest BCUT2D eigenvalue weighted by Crippen LogP contribution is 2.23. The van der Waals surface area contributed by atoms with Crippen molar-refractivity contribution in [2.75, 3.05) is 51.4 Å². The van der Waals surface area contributed by atoms with E-state index < -0.39 is 0 Å². The number of anilines is 1. The molecule has 1 fully saturated rings. The Morgan fingerprint density at radius 2 is 2.10 bits per heavy atom. The van der Waals surface area contributed by atoms with Crippen LogP contribution in [-0.2, 0) is 22.3 Å². The van der Waals surface area contributed by atoms with Gasteiger partial charge >= 0.3 is 0 Å². The van der Waals surface area contributed by atoms with Crippen molar-refractivity contribution < 1.29 is 9.47 Å². The Morgan fingerprint density at radius 3 is 2.90 bits per heavy atom. The number of fused-ring (bicyclic) bond motifs is 1. The van der Waals surface area contributed by atoms with Gasteiger partial charge in [-0.15, -0.1) is 0 Å². The maximum Gasteiger partial charge on any atom is 0.135 e. The molecule has 0 saturated carbocycles. The second-order valence-electron chi connectivity index (χ2n) is 5.72. The molecule has 0 aliphatic carbocycles. The maximum atomic E-state index is 5.75. The van der Waals surface area contributed by atoms with Crippen LogP contribution in [0, 0.1) is 6.92 Å². The minimum atomic E-state index is 0.124. The third kappa shape index (κ3) is 3.51. The Labute approximate surface area is 125 Å². The number of rotatable bonds is 3. The lowest BCUT2D eigenvalue weighted by atomic mass is 10.1. The van der Waals surface area contributed by atoms with Gasteiger partial charge in [0.15, 0.2) is 0 Å². The molecule has 21 heavy (non-hydrogen) atoms. The minimum Gasteiger partial charge on any atom is -0.376 e. The van der Waals surface area contributed by atoms with Crippen LogP contribution in [0.1, 0.15) is 17.1 Å². The molecule has 2 aliphatic rings. The molecule has 1 atom stereocenters. The van der Waals surface area contributed by atoms with E-state index in [0.717, 1.165) is 44.1 Å². The van der Waals surface area contributed by atoms with Crippen molar-refractivity contribution in [1.82, 2.24) is 15.3 Å². The molecule has 3 rings (SSSR count). The van der Waals surface area contributed by atoms with Gasteiger partial charge < -0.3 is 19.7 Å². The first-order valence-corrected chi connectivity index (χ1v) is 7.71. The highest BCUT2D eigenvalue weighted by atomic mass is 16.6. The van der Waals surface area contributed by atoms with Crippen LogP contribution in [0.2, 0.25) is 0 Å². The predicted molar refractivity (Wildman–Crippen MR) is 80.9 cm³/mol. The Hall–Kier alpha value is -1.24. The number of aromatic nitrogens is 2. The van der Waals surface area contributed by atoms with Crippen molar-refractivity contribution in [3.05, 3.63) is 17.1 Å². The zero-order valence-electron chi connectivity index (χ0n) is 12.9. The summed E-state index contributed by atoms with van der Waals surface area (Å²) < 4.78 is 11.2.